The van der Waals surface area contributed by atoms with Gasteiger partial charge in [-0.2, -0.15) is 0 Å². The number of non-ortho nitro benzene ring substituents is 2. The molecular formula is C21H18N6O7. The van der Waals surface area contributed by atoms with E-state index in [1.54, 1.807) is 6.07 Å². The van der Waals surface area contributed by atoms with Gasteiger partial charge in [-0.3, -0.25) is 20.2 Å². The molecule has 0 aromatic heterocycles. The van der Waals surface area contributed by atoms with Crippen LogP contribution >= 0.6 is 0 Å². The van der Waals surface area contributed by atoms with Gasteiger partial charge in [0.05, 0.1) is 22.6 Å². The Morgan fingerprint density at radius 3 is 1.53 bits per heavy atom. The molecule has 0 aliphatic carbocycles. The van der Waals surface area contributed by atoms with Crippen molar-refractivity contribution in [3.05, 3.63) is 87.0 Å². The highest BCUT2D eigenvalue weighted by Crippen LogP contribution is 2.28. The van der Waals surface area contributed by atoms with Gasteiger partial charge in [0, 0.05) is 41.3 Å². The van der Waals surface area contributed by atoms with Crippen molar-refractivity contribution in [2.75, 3.05) is 28.4 Å². The Bertz CT molecular complexity index is 1230. The summed E-state index contributed by atoms with van der Waals surface area (Å²) < 4.78 is 5.22. The smallest absolute Gasteiger partial charge is 0.323 e. The maximum absolute atomic E-state index is 12.4. The third-order valence-corrected chi connectivity index (χ3v) is 4.38. The first kappa shape index (κ1) is 23.5. The molecular weight excluding hydrogens is 448 g/mol. The number of nitro groups is 2. The second kappa shape index (κ2) is 10.4. The summed E-state index contributed by atoms with van der Waals surface area (Å²) in [6, 6.07) is 13.9. The fourth-order valence-electron chi connectivity index (χ4n) is 2.79. The van der Waals surface area contributed by atoms with E-state index in [1.165, 1.54) is 67.8 Å². The number of ether oxygens (including phenoxy) is 1. The third kappa shape index (κ3) is 6.16. The monoisotopic (exact) mass is 466 g/mol. The molecule has 0 aliphatic rings. The first-order valence-electron chi connectivity index (χ1n) is 9.58. The zero-order chi connectivity index (χ0) is 24.7. The lowest BCUT2D eigenvalue weighted by atomic mass is 10.2. The standard InChI is InChI=1S/C21H18N6O7/c1-34-19-11-6-15(24-20(28)22-13-2-7-16(8-3-13)26(30)31)12-18(19)25-21(29)23-14-4-9-17(10-5-14)27(32)33/h2-12H,1H3,(H2,22,24,28)(H2,23,25,29). The molecule has 0 radical (unpaired) electrons. The Balaban J connectivity index is 1.65. The van der Waals surface area contributed by atoms with Crippen molar-refractivity contribution in [3.63, 3.8) is 0 Å². The van der Waals surface area contributed by atoms with E-state index >= 15 is 0 Å². The zero-order valence-corrected chi connectivity index (χ0v) is 17.6. The Morgan fingerprint density at radius 2 is 1.09 bits per heavy atom. The number of rotatable bonds is 7. The van der Waals surface area contributed by atoms with Gasteiger partial charge < -0.3 is 26.0 Å². The molecule has 3 rings (SSSR count). The van der Waals surface area contributed by atoms with Crippen LogP contribution in [0.4, 0.5) is 43.7 Å². The topological polar surface area (TPSA) is 178 Å². The Hall–Kier alpha value is -5.20. The summed E-state index contributed by atoms with van der Waals surface area (Å²) in [5.74, 6) is 0.320. The van der Waals surface area contributed by atoms with Crippen molar-refractivity contribution in [3.8, 4) is 5.75 Å². The minimum atomic E-state index is -0.639. The van der Waals surface area contributed by atoms with Crippen molar-refractivity contribution >= 4 is 46.2 Å². The van der Waals surface area contributed by atoms with Gasteiger partial charge in [-0.15, -0.1) is 0 Å². The number of hydrogen-bond acceptors (Lipinski definition) is 7. The fourth-order valence-corrected chi connectivity index (χ4v) is 2.79. The molecule has 174 valence electrons. The quantitative estimate of drug-likeness (QED) is 0.285. The molecule has 0 bridgehead atoms. The largest absolute Gasteiger partial charge is 0.495 e. The van der Waals surface area contributed by atoms with Crippen LogP contribution in [0.2, 0.25) is 0 Å². The number of carbonyl (C=O) groups excluding carboxylic acids is 2. The lowest BCUT2D eigenvalue weighted by Crippen LogP contribution is -2.21. The van der Waals surface area contributed by atoms with Crippen LogP contribution in [0.3, 0.4) is 0 Å². The van der Waals surface area contributed by atoms with E-state index in [9.17, 15) is 29.8 Å². The van der Waals surface area contributed by atoms with Crippen LogP contribution in [0.25, 0.3) is 0 Å². The number of carbonyl (C=O) groups is 2. The van der Waals surface area contributed by atoms with E-state index < -0.39 is 21.9 Å². The normalized spacial score (nSPS) is 10.0. The molecule has 34 heavy (non-hydrogen) atoms. The van der Waals surface area contributed by atoms with E-state index in [0.29, 0.717) is 22.8 Å². The second-order valence-electron chi connectivity index (χ2n) is 6.68. The van der Waals surface area contributed by atoms with Gasteiger partial charge in [0.2, 0.25) is 0 Å². The van der Waals surface area contributed by atoms with Gasteiger partial charge in [0.25, 0.3) is 11.4 Å². The van der Waals surface area contributed by atoms with E-state index in [2.05, 4.69) is 21.3 Å². The fraction of sp³-hybridized carbons (Fsp3) is 0.0476. The minimum Gasteiger partial charge on any atom is -0.495 e. The second-order valence-corrected chi connectivity index (χ2v) is 6.68. The first-order valence-corrected chi connectivity index (χ1v) is 9.58. The van der Waals surface area contributed by atoms with Gasteiger partial charge in [0.15, 0.2) is 0 Å². The van der Waals surface area contributed by atoms with Gasteiger partial charge in [-0.25, -0.2) is 9.59 Å². The molecule has 0 fully saturated rings. The molecule has 0 spiro atoms. The van der Waals surface area contributed by atoms with Crippen LogP contribution in [0, 0.1) is 20.2 Å². The molecule has 13 nitrogen and oxygen atoms in total. The maximum atomic E-state index is 12.4. The summed E-state index contributed by atoms with van der Waals surface area (Å²) in [4.78, 5) is 45.0. The molecule has 0 heterocycles. The predicted octanol–water partition coefficient (Wildman–Crippen LogP) is 4.80. The van der Waals surface area contributed by atoms with Crippen LogP contribution < -0.4 is 26.0 Å². The summed E-state index contributed by atoms with van der Waals surface area (Å²) in [6.07, 6.45) is 0. The van der Waals surface area contributed by atoms with E-state index in [1.807, 2.05) is 0 Å². The lowest BCUT2D eigenvalue weighted by molar-refractivity contribution is -0.385. The summed E-state index contributed by atoms with van der Waals surface area (Å²) in [5, 5.41) is 31.7. The lowest BCUT2D eigenvalue weighted by Gasteiger charge is -2.14. The number of benzene rings is 3. The van der Waals surface area contributed by atoms with Crippen molar-refractivity contribution < 1.29 is 24.2 Å². The number of hydrogen-bond donors (Lipinski definition) is 4. The minimum absolute atomic E-state index is 0.108. The highest BCUT2D eigenvalue weighted by atomic mass is 16.6. The van der Waals surface area contributed by atoms with Gasteiger partial charge >= 0.3 is 12.1 Å². The number of nitro benzene ring substituents is 2. The molecule has 0 saturated heterocycles. The molecule has 13 heteroatoms. The molecule has 0 saturated carbocycles. The first-order chi connectivity index (χ1) is 16.2. The molecule has 4 N–H and O–H groups in total. The van der Waals surface area contributed by atoms with E-state index in [0.717, 1.165) is 0 Å². The molecule has 0 aliphatic heterocycles. The average Bonchev–Trinajstić information content (AvgIpc) is 2.80. The SMILES string of the molecule is COc1ccc(NC(=O)Nc2ccc([N+](=O)[O-])cc2)cc1NC(=O)Nc1ccc([N+](=O)[O-])cc1. The van der Waals surface area contributed by atoms with Crippen molar-refractivity contribution in [1.82, 2.24) is 0 Å². The maximum Gasteiger partial charge on any atom is 0.323 e. The number of methoxy groups -OCH3 is 1. The molecule has 3 aromatic rings. The Labute approximate surface area is 192 Å². The van der Waals surface area contributed by atoms with E-state index in [-0.39, 0.29) is 17.1 Å². The molecule has 0 unspecified atom stereocenters. The molecule has 0 atom stereocenters. The number of nitrogens with one attached hydrogen (secondary N) is 4. The highest BCUT2D eigenvalue weighted by Gasteiger charge is 2.12. The zero-order valence-electron chi connectivity index (χ0n) is 17.6. The van der Waals surface area contributed by atoms with Crippen LogP contribution in [0.15, 0.2) is 66.7 Å². The predicted molar refractivity (Wildman–Crippen MR) is 124 cm³/mol. The van der Waals surface area contributed by atoms with Crippen molar-refractivity contribution in [2.45, 2.75) is 0 Å². The van der Waals surface area contributed by atoms with Crippen LogP contribution in [-0.2, 0) is 0 Å². The number of anilines is 4. The van der Waals surface area contributed by atoms with Gasteiger partial charge in [0.1, 0.15) is 5.75 Å². The van der Waals surface area contributed by atoms with Gasteiger partial charge in [-0.05, 0) is 42.5 Å². The van der Waals surface area contributed by atoms with Crippen LogP contribution in [0.1, 0.15) is 0 Å². The van der Waals surface area contributed by atoms with Crippen molar-refractivity contribution in [1.29, 1.82) is 0 Å². The Kier molecular flexibility index (Phi) is 7.18. The van der Waals surface area contributed by atoms with Gasteiger partial charge in [-0.1, -0.05) is 0 Å². The number of amides is 4. The van der Waals surface area contributed by atoms with E-state index in [4.69, 9.17) is 4.74 Å². The molecule has 3 aromatic carbocycles. The summed E-state index contributed by atoms with van der Waals surface area (Å²) >= 11 is 0. The Morgan fingerprint density at radius 1 is 0.676 bits per heavy atom. The summed E-state index contributed by atoms with van der Waals surface area (Å²) in [5.41, 5.74) is 1.03. The third-order valence-electron chi connectivity index (χ3n) is 4.38. The van der Waals surface area contributed by atoms with Crippen LogP contribution in [0.5, 0.6) is 5.75 Å². The average molecular weight is 466 g/mol. The highest BCUT2D eigenvalue weighted by molar-refractivity contribution is 6.03. The van der Waals surface area contributed by atoms with Crippen LogP contribution in [-0.4, -0.2) is 29.0 Å². The molecule has 4 amide bonds. The number of urea groups is 2. The summed E-state index contributed by atoms with van der Waals surface area (Å²) in [7, 11) is 1.41. The number of nitrogens with zero attached hydrogens (tertiary/aromatic N) is 2. The summed E-state index contributed by atoms with van der Waals surface area (Å²) in [6.45, 7) is 0. The van der Waals surface area contributed by atoms with Crippen molar-refractivity contribution in [2.24, 2.45) is 0 Å².